The van der Waals surface area contributed by atoms with Crippen molar-refractivity contribution in [1.29, 1.82) is 0 Å². The summed E-state index contributed by atoms with van der Waals surface area (Å²) in [5.74, 6) is -0.346. The molecule has 280 valence electrons. The fourth-order valence-corrected chi connectivity index (χ4v) is 8.37. The average molecular weight is 745 g/mol. The number of hydrogen-bond acceptors (Lipinski definition) is 3. The van der Waals surface area contributed by atoms with Gasteiger partial charge in [0.05, 0.1) is 12.6 Å². The number of aromatic nitrogens is 2. The third-order valence-electron chi connectivity index (χ3n) is 11.0. The second-order valence-electron chi connectivity index (χ2n) is 14.3. The highest BCUT2D eigenvalue weighted by atomic mass is 16.5. The number of carbonyl (C=O) groups excluding carboxylic acids is 1. The summed E-state index contributed by atoms with van der Waals surface area (Å²) in [4.78, 5) is 14.3. The van der Waals surface area contributed by atoms with E-state index in [9.17, 15) is 4.79 Å². The molecular weight excluding hydrogens is 699 g/mol. The molecule has 0 saturated heterocycles. The van der Waals surface area contributed by atoms with Crippen molar-refractivity contribution in [2.75, 3.05) is 7.11 Å². The number of benzene rings is 7. The van der Waals surface area contributed by atoms with Crippen molar-refractivity contribution in [2.45, 2.75) is 30.1 Å². The molecule has 0 unspecified atom stereocenters. The summed E-state index contributed by atoms with van der Waals surface area (Å²) in [6, 6.07) is 72.9. The number of rotatable bonds is 14. The van der Waals surface area contributed by atoms with Crippen molar-refractivity contribution in [1.82, 2.24) is 9.88 Å². The number of carbonyl (C=O) groups is 1. The molecule has 0 saturated carbocycles. The molecule has 1 aromatic heterocycles. The van der Waals surface area contributed by atoms with Crippen molar-refractivity contribution >= 4 is 5.97 Å². The number of imidazole rings is 1. The quantitative estimate of drug-likeness (QED) is 0.0686. The van der Waals surface area contributed by atoms with E-state index in [2.05, 4.69) is 215 Å². The maximum atomic E-state index is 14.3. The van der Waals surface area contributed by atoms with Crippen molar-refractivity contribution in [3.63, 3.8) is 0 Å². The molecule has 8 aromatic rings. The van der Waals surface area contributed by atoms with E-state index in [-0.39, 0.29) is 5.97 Å². The molecule has 0 amide bonds. The molecule has 5 heteroatoms. The van der Waals surface area contributed by atoms with Crippen LogP contribution in [0, 0.1) is 0 Å². The fraction of sp³-hybridized carbons (Fsp3) is 0.115. The predicted molar refractivity (Wildman–Crippen MR) is 227 cm³/mol. The maximum Gasteiger partial charge on any atom is 0.323 e. The Balaban J connectivity index is 1.35. The van der Waals surface area contributed by atoms with Crippen LogP contribution in [0.1, 0.15) is 44.6 Å². The van der Waals surface area contributed by atoms with E-state index in [4.69, 9.17) is 4.74 Å². The molecule has 1 N–H and O–H groups in total. The van der Waals surface area contributed by atoms with E-state index in [0.717, 1.165) is 44.6 Å². The molecule has 0 fully saturated rings. The molecule has 0 aliphatic heterocycles. The van der Waals surface area contributed by atoms with Gasteiger partial charge in [-0.3, -0.25) is 10.1 Å². The Morgan fingerprint density at radius 2 is 0.895 bits per heavy atom. The average Bonchev–Trinajstić information content (AvgIpc) is 3.68. The van der Waals surface area contributed by atoms with Gasteiger partial charge < -0.3 is 4.74 Å². The molecule has 57 heavy (non-hydrogen) atoms. The van der Waals surface area contributed by atoms with Crippen LogP contribution >= 0.6 is 0 Å². The standard InChI is InChI=1S/C52H46N3O2/c1-57-50(56)49(53-51(42-25-11-3-12-26-42,43-27-13-4-14-28-43)44-29-15-5-16-30-44)37-48-39-55(40-54(48)38-41-23-9-2-10-24-41)52(45-31-17-6-18-32-45,46-33-19-7-20-34-46)47-35-21-8-22-36-47/h2-36,39-40,49,53H,37-38H2,1H3/q+1/t49-/m0/s1. The van der Waals surface area contributed by atoms with Crippen molar-refractivity contribution in [3.05, 3.63) is 269 Å². The van der Waals surface area contributed by atoms with Gasteiger partial charge in [0.15, 0.2) is 5.54 Å². The van der Waals surface area contributed by atoms with E-state index in [0.29, 0.717) is 13.0 Å². The maximum absolute atomic E-state index is 14.3. The lowest BCUT2D eigenvalue weighted by molar-refractivity contribution is -0.734. The molecule has 0 spiro atoms. The van der Waals surface area contributed by atoms with Gasteiger partial charge >= 0.3 is 5.97 Å². The molecule has 5 nitrogen and oxygen atoms in total. The lowest BCUT2D eigenvalue weighted by Gasteiger charge is -2.39. The Morgan fingerprint density at radius 1 is 0.544 bits per heavy atom. The van der Waals surface area contributed by atoms with Gasteiger partial charge in [0.2, 0.25) is 6.33 Å². The molecule has 8 rings (SSSR count). The minimum absolute atomic E-state index is 0.342. The van der Waals surface area contributed by atoms with Gasteiger partial charge in [-0.05, 0) is 22.3 Å². The van der Waals surface area contributed by atoms with Crippen LogP contribution in [0.3, 0.4) is 0 Å². The minimum Gasteiger partial charge on any atom is -0.468 e. The van der Waals surface area contributed by atoms with Gasteiger partial charge in [0, 0.05) is 23.1 Å². The number of ether oxygens (including phenoxy) is 1. The number of nitrogens with zero attached hydrogens (tertiary/aromatic N) is 2. The Hall–Kier alpha value is -6.82. The van der Waals surface area contributed by atoms with Gasteiger partial charge in [-0.15, -0.1) is 0 Å². The highest BCUT2D eigenvalue weighted by Gasteiger charge is 2.45. The number of nitrogens with one attached hydrogen (secondary N) is 1. The highest BCUT2D eigenvalue weighted by Crippen LogP contribution is 2.39. The molecule has 1 heterocycles. The minimum atomic E-state index is -0.892. The van der Waals surface area contributed by atoms with Crippen LogP contribution in [0.15, 0.2) is 225 Å². The first kappa shape index (κ1) is 37.1. The summed E-state index contributed by atoms with van der Waals surface area (Å²) >= 11 is 0. The second-order valence-corrected chi connectivity index (χ2v) is 14.3. The highest BCUT2D eigenvalue weighted by molar-refractivity contribution is 5.76. The van der Waals surface area contributed by atoms with Gasteiger partial charge in [0.25, 0.3) is 0 Å². The molecule has 0 aliphatic rings. The topological polar surface area (TPSA) is 47.1 Å². The van der Waals surface area contributed by atoms with Crippen LogP contribution in [0.2, 0.25) is 0 Å². The first-order chi connectivity index (χ1) is 28.1. The van der Waals surface area contributed by atoms with E-state index in [1.165, 1.54) is 7.11 Å². The third-order valence-corrected chi connectivity index (χ3v) is 11.0. The summed E-state index contributed by atoms with van der Waals surface area (Å²) in [6.07, 6.45) is 4.78. The van der Waals surface area contributed by atoms with Gasteiger partial charge in [-0.25, -0.2) is 9.13 Å². The van der Waals surface area contributed by atoms with Crippen molar-refractivity contribution in [2.24, 2.45) is 0 Å². The summed E-state index contributed by atoms with van der Waals surface area (Å²) in [5.41, 5.74) is 6.90. The first-order valence-electron chi connectivity index (χ1n) is 19.5. The Labute approximate surface area is 335 Å². The van der Waals surface area contributed by atoms with E-state index >= 15 is 0 Å². The third kappa shape index (κ3) is 7.33. The van der Waals surface area contributed by atoms with Crippen LogP contribution in [0.4, 0.5) is 0 Å². The van der Waals surface area contributed by atoms with E-state index in [1.54, 1.807) is 0 Å². The number of hydrogen-bond donors (Lipinski definition) is 1. The van der Waals surface area contributed by atoms with Crippen LogP contribution < -0.4 is 9.88 Å². The Bertz CT molecular complexity index is 2280. The SMILES string of the molecule is COC(=O)[C@H](Cc1c[n+](C(c2ccccc2)(c2ccccc2)c2ccccc2)cn1Cc1ccccc1)NC(c1ccccc1)(c1ccccc1)c1ccccc1. The molecule has 0 radical (unpaired) electrons. The Morgan fingerprint density at radius 3 is 1.26 bits per heavy atom. The Kier molecular flexibility index (Phi) is 11.0. The lowest BCUT2D eigenvalue weighted by atomic mass is 9.76. The summed E-state index contributed by atoms with van der Waals surface area (Å²) in [5, 5.41) is 3.95. The smallest absolute Gasteiger partial charge is 0.323 e. The monoisotopic (exact) mass is 744 g/mol. The lowest BCUT2D eigenvalue weighted by Crippen LogP contribution is -2.57. The van der Waals surface area contributed by atoms with Gasteiger partial charge in [-0.2, -0.15) is 0 Å². The largest absolute Gasteiger partial charge is 0.468 e. The molecule has 7 aromatic carbocycles. The summed E-state index contributed by atoms with van der Waals surface area (Å²) in [7, 11) is 1.47. The second kappa shape index (κ2) is 16.9. The molecule has 1 atom stereocenters. The summed E-state index contributed by atoms with van der Waals surface area (Å²) in [6.45, 7) is 0.604. The fourth-order valence-electron chi connectivity index (χ4n) is 8.37. The molecular formula is C52H46N3O2+. The zero-order valence-corrected chi connectivity index (χ0v) is 32.1. The van der Waals surface area contributed by atoms with Crippen LogP contribution in [0.25, 0.3) is 0 Å². The molecule has 0 aliphatic carbocycles. The van der Waals surface area contributed by atoms with Crippen LogP contribution in [-0.2, 0) is 33.6 Å². The van der Waals surface area contributed by atoms with Crippen LogP contribution in [-0.4, -0.2) is 23.7 Å². The first-order valence-corrected chi connectivity index (χ1v) is 19.5. The normalized spacial score (nSPS) is 12.2. The van der Waals surface area contributed by atoms with Crippen LogP contribution in [0.5, 0.6) is 0 Å². The molecule has 0 bridgehead atoms. The summed E-state index contributed by atoms with van der Waals surface area (Å²) < 4.78 is 10.3. The van der Waals surface area contributed by atoms with Gasteiger partial charge in [-0.1, -0.05) is 212 Å². The zero-order valence-electron chi connectivity index (χ0n) is 32.1. The predicted octanol–water partition coefficient (Wildman–Crippen LogP) is 9.33. The zero-order chi connectivity index (χ0) is 38.9. The van der Waals surface area contributed by atoms with E-state index in [1.807, 2.05) is 24.3 Å². The van der Waals surface area contributed by atoms with Crippen molar-refractivity contribution in [3.8, 4) is 0 Å². The van der Waals surface area contributed by atoms with Gasteiger partial charge in [0.1, 0.15) is 24.5 Å². The van der Waals surface area contributed by atoms with Crippen molar-refractivity contribution < 1.29 is 14.1 Å². The van der Waals surface area contributed by atoms with E-state index < -0.39 is 17.1 Å². The number of esters is 1. The number of methoxy groups -OCH3 is 1.